The first-order valence-electron chi connectivity index (χ1n) is 5.67. The van der Waals surface area contributed by atoms with Crippen molar-refractivity contribution >= 4 is 11.8 Å². The molecule has 0 aliphatic heterocycles. The largest absolute Gasteiger partial charge is 0.336 e. The molecule has 90 valence electrons. The van der Waals surface area contributed by atoms with E-state index >= 15 is 0 Å². The van der Waals surface area contributed by atoms with Gasteiger partial charge in [-0.2, -0.15) is 0 Å². The Balaban J connectivity index is 2.00. The van der Waals surface area contributed by atoms with Crippen LogP contribution >= 0.6 is 11.8 Å². The van der Waals surface area contributed by atoms with Crippen molar-refractivity contribution in [3.63, 3.8) is 0 Å². The lowest BCUT2D eigenvalue weighted by Gasteiger charge is -2.02. The number of benzene rings is 1. The molecule has 17 heavy (non-hydrogen) atoms. The minimum absolute atomic E-state index is 0.775. The summed E-state index contributed by atoms with van der Waals surface area (Å²) < 4.78 is 1.59. The Bertz CT molecular complexity index is 467. The number of nitrogens with zero attached hydrogens (tertiary/aromatic N) is 3. The van der Waals surface area contributed by atoms with Crippen LogP contribution in [0, 0.1) is 0 Å². The number of aryl methyl sites for hydroxylation is 1. The van der Waals surface area contributed by atoms with Gasteiger partial charge < -0.3 is 5.84 Å². The maximum atomic E-state index is 5.92. The molecular formula is C12H16N4S. The van der Waals surface area contributed by atoms with Crippen molar-refractivity contribution in [2.45, 2.75) is 30.7 Å². The van der Waals surface area contributed by atoms with E-state index in [-0.39, 0.29) is 0 Å². The lowest BCUT2D eigenvalue weighted by atomic mass is 10.2. The van der Waals surface area contributed by atoms with Gasteiger partial charge >= 0.3 is 0 Å². The molecule has 1 aromatic carbocycles. The van der Waals surface area contributed by atoms with E-state index in [0.717, 1.165) is 29.6 Å². The zero-order valence-electron chi connectivity index (χ0n) is 9.84. The van der Waals surface area contributed by atoms with Gasteiger partial charge in [0.2, 0.25) is 5.16 Å². The highest BCUT2D eigenvalue weighted by Crippen LogP contribution is 2.20. The molecule has 0 aliphatic rings. The third-order valence-corrected chi connectivity index (χ3v) is 3.43. The van der Waals surface area contributed by atoms with E-state index in [2.05, 4.69) is 29.3 Å². The molecule has 0 saturated carbocycles. The van der Waals surface area contributed by atoms with Crippen LogP contribution in [0.3, 0.4) is 0 Å². The van der Waals surface area contributed by atoms with Gasteiger partial charge in [0.05, 0.1) is 0 Å². The summed E-state index contributed by atoms with van der Waals surface area (Å²) in [5.74, 6) is 7.64. The monoisotopic (exact) mass is 248 g/mol. The van der Waals surface area contributed by atoms with Gasteiger partial charge in [0.25, 0.3) is 0 Å². The third kappa shape index (κ3) is 3.00. The van der Waals surface area contributed by atoms with Crippen molar-refractivity contribution in [1.29, 1.82) is 0 Å². The number of nitrogens with two attached hydrogens (primary N) is 1. The molecule has 0 aliphatic carbocycles. The third-order valence-electron chi connectivity index (χ3n) is 2.42. The molecular weight excluding hydrogens is 232 g/mol. The van der Waals surface area contributed by atoms with Crippen molar-refractivity contribution in [2.75, 3.05) is 5.84 Å². The van der Waals surface area contributed by atoms with Gasteiger partial charge in [-0.05, 0) is 12.0 Å². The molecule has 4 nitrogen and oxygen atoms in total. The van der Waals surface area contributed by atoms with Crippen LogP contribution in [0.1, 0.15) is 24.7 Å². The van der Waals surface area contributed by atoms with Crippen LogP contribution in [0.5, 0.6) is 0 Å². The average molecular weight is 248 g/mol. The topological polar surface area (TPSA) is 56.7 Å². The first kappa shape index (κ1) is 12.0. The second-order valence-corrected chi connectivity index (χ2v) is 4.74. The average Bonchev–Trinajstić information content (AvgIpc) is 2.70. The quantitative estimate of drug-likeness (QED) is 0.651. The van der Waals surface area contributed by atoms with Crippen LogP contribution in [-0.4, -0.2) is 14.9 Å². The van der Waals surface area contributed by atoms with Crippen LogP contribution in [-0.2, 0) is 12.2 Å². The maximum absolute atomic E-state index is 5.92. The Morgan fingerprint density at radius 1 is 1.24 bits per heavy atom. The predicted octanol–water partition coefficient (Wildman–Crippen LogP) is 2.24. The molecule has 1 heterocycles. The minimum atomic E-state index is 0.775. The Morgan fingerprint density at radius 3 is 2.71 bits per heavy atom. The standard InChI is InChI=1S/C12H16N4S/c1-2-6-11-14-15-12(16(11)13)17-9-10-7-4-3-5-8-10/h3-5,7-8H,2,6,9,13H2,1H3. The molecule has 0 radical (unpaired) electrons. The van der Waals surface area contributed by atoms with Crippen molar-refractivity contribution in [2.24, 2.45) is 0 Å². The number of aromatic nitrogens is 3. The smallest absolute Gasteiger partial charge is 0.210 e. The summed E-state index contributed by atoms with van der Waals surface area (Å²) in [5.41, 5.74) is 1.26. The van der Waals surface area contributed by atoms with Crippen LogP contribution in [0.15, 0.2) is 35.5 Å². The Kier molecular flexibility index (Phi) is 4.03. The first-order valence-corrected chi connectivity index (χ1v) is 6.66. The van der Waals surface area contributed by atoms with Crippen LogP contribution in [0.25, 0.3) is 0 Å². The van der Waals surface area contributed by atoms with E-state index in [9.17, 15) is 0 Å². The van der Waals surface area contributed by atoms with Gasteiger partial charge in [-0.15, -0.1) is 10.2 Å². The number of nitrogen functional groups attached to an aromatic ring is 1. The number of hydrogen-bond acceptors (Lipinski definition) is 4. The summed E-state index contributed by atoms with van der Waals surface area (Å²) in [7, 11) is 0. The molecule has 0 fully saturated rings. The van der Waals surface area contributed by atoms with Gasteiger partial charge in [0.1, 0.15) is 0 Å². The zero-order chi connectivity index (χ0) is 12.1. The van der Waals surface area contributed by atoms with E-state index in [1.165, 1.54) is 5.56 Å². The lowest BCUT2D eigenvalue weighted by molar-refractivity contribution is 0.757. The highest BCUT2D eigenvalue weighted by atomic mass is 32.2. The lowest BCUT2D eigenvalue weighted by Crippen LogP contribution is -2.13. The molecule has 1 aromatic heterocycles. The van der Waals surface area contributed by atoms with E-state index in [0.29, 0.717) is 0 Å². The second kappa shape index (κ2) is 5.72. The van der Waals surface area contributed by atoms with Gasteiger partial charge in [-0.25, -0.2) is 4.68 Å². The van der Waals surface area contributed by atoms with Crippen LogP contribution in [0.2, 0.25) is 0 Å². The molecule has 0 saturated heterocycles. The summed E-state index contributed by atoms with van der Waals surface area (Å²) in [4.78, 5) is 0. The summed E-state index contributed by atoms with van der Waals surface area (Å²) in [6.07, 6.45) is 1.90. The number of thioether (sulfide) groups is 1. The summed E-state index contributed by atoms with van der Waals surface area (Å²) >= 11 is 1.61. The maximum Gasteiger partial charge on any atom is 0.210 e. The van der Waals surface area contributed by atoms with Gasteiger partial charge in [-0.3, -0.25) is 0 Å². The van der Waals surface area contributed by atoms with Crippen molar-refractivity contribution in [1.82, 2.24) is 14.9 Å². The molecule has 0 amide bonds. The van der Waals surface area contributed by atoms with E-state index in [4.69, 9.17) is 5.84 Å². The van der Waals surface area contributed by atoms with E-state index < -0.39 is 0 Å². The van der Waals surface area contributed by atoms with E-state index in [1.807, 2.05) is 18.2 Å². The van der Waals surface area contributed by atoms with Gasteiger partial charge in [-0.1, -0.05) is 49.0 Å². The highest BCUT2D eigenvalue weighted by molar-refractivity contribution is 7.98. The molecule has 2 N–H and O–H groups in total. The molecule has 0 atom stereocenters. The zero-order valence-corrected chi connectivity index (χ0v) is 10.7. The molecule has 0 unspecified atom stereocenters. The van der Waals surface area contributed by atoms with E-state index in [1.54, 1.807) is 16.4 Å². The van der Waals surface area contributed by atoms with Crippen LogP contribution in [0.4, 0.5) is 0 Å². The van der Waals surface area contributed by atoms with Crippen molar-refractivity contribution < 1.29 is 0 Å². The molecule has 2 rings (SSSR count). The second-order valence-electron chi connectivity index (χ2n) is 3.79. The minimum Gasteiger partial charge on any atom is -0.336 e. The summed E-state index contributed by atoms with van der Waals surface area (Å²) in [6, 6.07) is 10.3. The SMILES string of the molecule is CCCc1nnc(SCc2ccccc2)n1N. The molecule has 2 aromatic rings. The molecule has 0 bridgehead atoms. The Labute approximate surface area is 105 Å². The van der Waals surface area contributed by atoms with Crippen LogP contribution < -0.4 is 5.84 Å². The highest BCUT2D eigenvalue weighted by Gasteiger charge is 2.08. The fraction of sp³-hybridized carbons (Fsp3) is 0.333. The van der Waals surface area contributed by atoms with Gasteiger partial charge in [0, 0.05) is 12.2 Å². The summed E-state index contributed by atoms with van der Waals surface area (Å²) in [5, 5.41) is 8.96. The predicted molar refractivity (Wildman–Crippen MR) is 70.2 cm³/mol. The van der Waals surface area contributed by atoms with Crippen molar-refractivity contribution in [3.05, 3.63) is 41.7 Å². The Hall–Kier alpha value is -1.49. The number of hydrogen-bond donors (Lipinski definition) is 1. The first-order chi connectivity index (χ1) is 8.31. The summed E-state index contributed by atoms with van der Waals surface area (Å²) in [6.45, 7) is 2.10. The fourth-order valence-electron chi connectivity index (χ4n) is 1.52. The van der Waals surface area contributed by atoms with Gasteiger partial charge in [0.15, 0.2) is 5.82 Å². The normalized spacial score (nSPS) is 10.6. The molecule has 0 spiro atoms. The molecule has 5 heteroatoms. The fourth-order valence-corrected chi connectivity index (χ4v) is 2.35. The Morgan fingerprint density at radius 2 is 2.00 bits per heavy atom. The number of rotatable bonds is 5. The van der Waals surface area contributed by atoms with Crippen molar-refractivity contribution in [3.8, 4) is 0 Å².